The van der Waals surface area contributed by atoms with Crippen molar-refractivity contribution in [3.8, 4) is 17.3 Å². The van der Waals surface area contributed by atoms with Crippen LogP contribution in [0.15, 0.2) is 36.2 Å². The largest absolute Gasteiger partial charge is 0.285 e. The van der Waals surface area contributed by atoms with Crippen LogP contribution in [0.3, 0.4) is 0 Å². The van der Waals surface area contributed by atoms with Gasteiger partial charge in [-0.1, -0.05) is 35.3 Å². The van der Waals surface area contributed by atoms with Gasteiger partial charge in [-0.25, -0.2) is 4.98 Å². The van der Waals surface area contributed by atoms with E-state index in [0.29, 0.717) is 27.4 Å². The molecule has 1 heterocycles. The number of halogens is 2. The molecule has 0 N–H and O–H groups in total. The molecule has 2 rings (SSSR count). The van der Waals surface area contributed by atoms with Crippen LogP contribution in [0.5, 0.6) is 0 Å². The maximum Gasteiger partial charge on any atom is 0.243 e. The number of rotatable bonds is 7. The summed E-state index contributed by atoms with van der Waals surface area (Å²) in [5, 5.41) is 12.1. The number of carbonyl (C=O) groups is 1. The van der Waals surface area contributed by atoms with E-state index in [1.165, 1.54) is 11.3 Å². The zero-order valence-electron chi connectivity index (χ0n) is 13.6. The zero-order valence-corrected chi connectivity index (χ0v) is 15.9. The first kappa shape index (κ1) is 19.4. The van der Waals surface area contributed by atoms with E-state index in [1.54, 1.807) is 35.1 Å². The van der Waals surface area contributed by atoms with E-state index < -0.39 is 0 Å². The number of likely N-dealkylation sites (N-methyl/N-ethyl adjacent to an activating group) is 1. The van der Waals surface area contributed by atoms with Crippen LogP contribution < -0.4 is 4.90 Å². The second kappa shape index (κ2) is 8.97. The van der Waals surface area contributed by atoms with E-state index in [0.717, 1.165) is 5.56 Å². The second-order valence-corrected chi connectivity index (χ2v) is 6.92. The van der Waals surface area contributed by atoms with Crippen molar-refractivity contribution in [2.45, 2.75) is 0 Å². The zero-order chi connectivity index (χ0) is 18.4. The van der Waals surface area contributed by atoms with E-state index in [-0.39, 0.29) is 19.0 Å². The van der Waals surface area contributed by atoms with E-state index >= 15 is 0 Å². The van der Waals surface area contributed by atoms with Crippen LogP contribution in [0.1, 0.15) is 0 Å². The number of benzene rings is 1. The van der Waals surface area contributed by atoms with E-state index in [2.05, 4.69) is 11.6 Å². The quantitative estimate of drug-likeness (QED) is 0.523. The van der Waals surface area contributed by atoms with Crippen molar-refractivity contribution in [3.05, 3.63) is 46.3 Å². The smallest absolute Gasteiger partial charge is 0.243 e. The molecule has 0 bridgehead atoms. The van der Waals surface area contributed by atoms with Gasteiger partial charge >= 0.3 is 0 Å². The highest BCUT2D eigenvalue weighted by molar-refractivity contribution is 7.14. The molecule has 0 fully saturated rings. The SMILES string of the molecule is C=CCN(C(=O)CN(C)CC#N)c1nc(-c2ccc(Cl)c(Cl)c2)cs1. The fraction of sp³-hybridized carbons (Fsp3) is 0.235. The Hall–Kier alpha value is -1.91. The van der Waals surface area contributed by atoms with Crippen molar-refractivity contribution < 1.29 is 4.79 Å². The molecule has 0 aliphatic carbocycles. The third-order valence-corrected chi connectivity index (χ3v) is 4.90. The summed E-state index contributed by atoms with van der Waals surface area (Å²) < 4.78 is 0. The number of hydrogen-bond acceptors (Lipinski definition) is 5. The van der Waals surface area contributed by atoms with E-state index in [1.807, 2.05) is 17.5 Å². The van der Waals surface area contributed by atoms with Gasteiger partial charge in [-0.15, -0.1) is 17.9 Å². The molecule has 0 saturated carbocycles. The minimum atomic E-state index is -0.146. The molecule has 0 aliphatic rings. The van der Waals surface area contributed by atoms with Gasteiger partial charge in [0.25, 0.3) is 0 Å². The number of anilines is 1. The molecule has 0 unspecified atom stereocenters. The highest BCUT2D eigenvalue weighted by Gasteiger charge is 2.20. The summed E-state index contributed by atoms with van der Waals surface area (Å²) >= 11 is 13.4. The average Bonchev–Trinajstić information content (AvgIpc) is 3.04. The highest BCUT2D eigenvalue weighted by atomic mass is 35.5. The first-order valence-electron chi connectivity index (χ1n) is 7.34. The molecule has 0 aliphatic heterocycles. The van der Waals surface area contributed by atoms with Gasteiger partial charge in [0, 0.05) is 17.5 Å². The molecule has 0 spiro atoms. The van der Waals surface area contributed by atoms with Gasteiger partial charge in [0.1, 0.15) is 0 Å². The molecule has 0 saturated heterocycles. The molecule has 0 atom stereocenters. The Morgan fingerprint density at radius 2 is 2.20 bits per heavy atom. The normalized spacial score (nSPS) is 10.5. The molecule has 0 radical (unpaired) electrons. The Bertz CT molecular complexity index is 815. The minimum Gasteiger partial charge on any atom is -0.285 e. The highest BCUT2D eigenvalue weighted by Crippen LogP contribution is 2.31. The molecule has 1 aromatic carbocycles. The molecular weight excluding hydrogens is 379 g/mol. The number of carbonyl (C=O) groups excluding carboxylic acids is 1. The van der Waals surface area contributed by atoms with E-state index in [9.17, 15) is 4.79 Å². The summed E-state index contributed by atoms with van der Waals surface area (Å²) in [7, 11) is 1.72. The first-order chi connectivity index (χ1) is 12.0. The summed E-state index contributed by atoms with van der Waals surface area (Å²) in [5.41, 5.74) is 1.54. The number of amides is 1. The molecule has 1 amide bonds. The first-order valence-corrected chi connectivity index (χ1v) is 8.97. The number of aromatic nitrogens is 1. The number of nitrogens with zero attached hydrogens (tertiary/aromatic N) is 4. The Balaban J connectivity index is 2.23. The average molecular weight is 395 g/mol. The Labute approximate surface area is 160 Å². The summed E-state index contributed by atoms with van der Waals surface area (Å²) in [6, 6.07) is 7.29. The minimum absolute atomic E-state index is 0.128. The summed E-state index contributed by atoms with van der Waals surface area (Å²) in [5.74, 6) is -0.146. The van der Waals surface area contributed by atoms with Gasteiger partial charge in [-0.3, -0.25) is 14.6 Å². The third-order valence-electron chi connectivity index (χ3n) is 3.30. The van der Waals surface area contributed by atoms with Crippen molar-refractivity contribution >= 4 is 45.6 Å². The van der Waals surface area contributed by atoms with Crippen molar-refractivity contribution in [2.75, 3.05) is 31.6 Å². The van der Waals surface area contributed by atoms with Crippen molar-refractivity contribution in [3.63, 3.8) is 0 Å². The van der Waals surface area contributed by atoms with Gasteiger partial charge in [-0.2, -0.15) is 5.26 Å². The third kappa shape index (κ3) is 5.03. The van der Waals surface area contributed by atoms with Crippen molar-refractivity contribution in [1.82, 2.24) is 9.88 Å². The molecule has 130 valence electrons. The van der Waals surface area contributed by atoms with Gasteiger partial charge < -0.3 is 0 Å². The van der Waals surface area contributed by atoms with Crippen molar-refractivity contribution in [2.24, 2.45) is 0 Å². The van der Waals surface area contributed by atoms with Crippen LogP contribution >= 0.6 is 34.5 Å². The van der Waals surface area contributed by atoms with Crippen LogP contribution in [0.25, 0.3) is 11.3 Å². The predicted octanol–water partition coefficient (Wildman–Crippen LogP) is 4.09. The van der Waals surface area contributed by atoms with E-state index in [4.69, 9.17) is 28.5 Å². The molecule has 1 aromatic heterocycles. The maximum absolute atomic E-state index is 12.5. The van der Waals surface area contributed by atoms with Crippen LogP contribution in [-0.4, -0.2) is 42.5 Å². The molecule has 25 heavy (non-hydrogen) atoms. The molecule has 8 heteroatoms. The van der Waals surface area contributed by atoms with Crippen LogP contribution in [0, 0.1) is 11.3 Å². The fourth-order valence-electron chi connectivity index (χ4n) is 2.08. The van der Waals surface area contributed by atoms with Crippen molar-refractivity contribution in [1.29, 1.82) is 5.26 Å². The number of nitriles is 1. The molecule has 5 nitrogen and oxygen atoms in total. The summed E-state index contributed by atoms with van der Waals surface area (Å²) in [6.45, 7) is 4.34. The van der Waals surface area contributed by atoms with Crippen LogP contribution in [0.2, 0.25) is 10.0 Å². The number of hydrogen-bond donors (Lipinski definition) is 0. The van der Waals surface area contributed by atoms with Gasteiger partial charge in [0.2, 0.25) is 5.91 Å². The Kier molecular flexibility index (Phi) is 6.97. The standard InChI is InChI=1S/C17H16Cl2N4OS/c1-3-7-23(16(24)10-22(2)8-6-20)17-21-15(11-25-17)12-4-5-13(18)14(19)9-12/h3-5,9,11H,1,7-8,10H2,2H3. The van der Waals surface area contributed by atoms with Crippen LogP contribution in [-0.2, 0) is 4.79 Å². The summed E-state index contributed by atoms with van der Waals surface area (Å²) in [6.07, 6.45) is 1.64. The monoisotopic (exact) mass is 394 g/mol. The van der Waals surface area contributed by atoms with Crippen LogP contribution in [0.4, 0.5) is 5.13 Å². The fourth-order valence-corrected chi connectivity index (χ4v) is 3.24. The lowest BCUT2D eigenvalue weighted by atomic mass is 10.2. The predicted molar refractivity (Wildman–Crippen MR) is 103 cm³/mol. The lowest BCUT2D eigenvalue weighted by molar-refractivity contribution is -0.119. The maximum atomic E-state index is 12.5. The second-order valence-electron chi connectivity index (χ2n) is 5.27. The summed E-state index contributed by atoms with van der Waals surface area (Å²) in [4.78, 5) is 20.2. The topological polar surface area (TPSA) is 60.2 Å². The lowest BCUT2D eigenvalue weighted by Crippen LogP contribution is -2.39. The number of thiazole rings is 1. The van der Waals surface area contributed by atoms with Gasteiger partial charge in [0.15, 0.2) is 5.13 Å². The Morgan fingerprint density at radius 1 is 1.44 bits per heavy atom. The Morgan fingerprint density at radius 3 is 2.84 bits per heavy atom. The molecular formula is C17H16Cl2N4OS. The van der Waals surface area contributed by atoms with Gasteiger partial charge in [0.05, 0.1) is 34.9 Å². The molecule has 2 aromatic rings. The van der Waals surface area contributed by atoms with Gasteiger partial charge in [-0.05, 0) is 19.2 Å². The lowest BCUT2D eigenvalue weighted by Gasteiger charge is -2.21.